The van der Waals surface area contributed by atoms with E-state index in [0.29, 0.717) is 18.0 Å². The van der Waals surface area contributed by atoms with Gasteiger partial charge in [0.25, 0.3) is 0 Å². The van der Waals surface area contributed by atoms with E-state index in [2.05, 4.69) is 56.5 Å². The zero-order valence-electron chi connectivity index (χ0n) is 15.2. The fraction of sp³-hybridized carbons (Fsp3) is 0.632. The fourth-order valence-corrected chi connectivity index (χ4v) is 5.15. The van der Waals surface area contributed by atoms with Crippen LogP contribution in [0.25, 0.3) is 0 Å². The zero-order valence-corrected chi connectivity index (χ0v) is 16.0. The fourth-order valence-electron chi connectivity index (χ4n) is 4.21. The molecule has 6 nitrogen and oxygen atoms in total. The van der Waals surface area contributed by atoms with E-state index in [9.17, 15) is 4.79 Å². The SMILES string of the molecule is O=C(C1CCC2NNNC2C1)N1CCN(CCSc2ccccc2)CC1. The van der Waals surface area contributed by atoms with Crippen LogP contribution >= 0.6 is 11.8 Å². The van der Waals surface area contributed by atoms with Crippen molar-refractivity contribution in [3.05, 3.63) is 30.3 Å². The van der Waals surface area contributed by atoms with Gasteiger partial charge in [0.05, 0.1) is 0 Å². The van der Waals surface area contributed by atoms with Crippen LogP contribution in [0.3, 0.4) is 0 Å². The van der Waals surface area contributed by atoms with Crippen molar-refractivity contribution < 1.29 is 4.79 Å². The first-order valence-corrected chi connectivity index (χ1v) is 10.7. The third-order valence-corrected chi connectivity index (χ3v) is 6.81. The molecule has 3 aliphatic rings. The Morgan fingerprint density at radius 1 is 1.04 bits per heavy atom. The highest BCUT2D eigenvalue weighted by molar-refractivity contribution is 7.99. The Balaban J connectivity index is 1.18. The Morgan fingerprint density at radius 2 is 1.81 bits per heavy atom. The average Bonchev–Trinajstić information content (AvgIpc) is 3.17. The van der Waals surface area contributed by atoms with Crippen molar-refractivity contribution >= 4 is 17.7 Å². The minimum absolute atomic E-state index is 0.186. The van der Waals surface area contributed by atoms with E-state index in [-0.39, 0.29) is 5.92 Å². The van der Waals surface area contributed by atoms with Gasteiger partial charge in [-0.25, -0.2) is 10.9 Å². The third-order valence-electron chi connectivity index (χ3n) is 5.82. The number of amides is 1. The largest absolute Gasteiger partial charge is 0.340 e. The molecule has 3 atom stereocenters. The van der Waals surface area contributed by atoms with Gasteiger partial charge >= 0.3 is 0 Å². The smallest absolute Gasteiger partial charge is 0.225 e. The standard InChI is InChI=1S/C19H29N5OS/c25-19(15-6-7-17-18(14-15)21-22-20-17)24-10-8-23(9-11-24)12-13-26-16-4-2-1-3-5-16/h1-5,15,17-18,20-22H,6-14H2. The van der Waals surface area contributed by atoms with E-state index >= 15 is 0 Å². The third kappa shape index (κ3) is 4.40. The number of rotatable bonds is 5. The molecule has 26 heavy (non-hydrogen) atoms. The maximum atomic E-state index is 12.9. The number of hydrogen-bond donors (Lipinski definition) is 3. The summed E-state index contributed by atoms with van der Waals surface area (Å²) in [6.07, 6.45) is 3.01. The number of nitrogens with one attached hydrogen (secondary N) is 3. The average molecular weight is 376 g/mol. The summed E-state index contributed by atoms with van der Waals surface area (Å²) in [7, 11) is 0. The second-order valence-electron chi connectivity index (χ2n) is 7.47. The number of benzene rings is 1. The molecule has 0 aromatic heterocycles. The van der Waals surface area contributed by atoms with Crippen molar-refractivity contribution in [2.75, 3.05) is 38.5 Å². The Morgan fingerprint density at radius 3 is 2.62 bits per heavy atom. The molecule has 1 saturated carbocycles. The molecule has 0 radical (unpaired) electrons. The van der Waals surface area contributed by atoms with Crippen LogP contribution in [0.15, 0.2) is 35.2 Å². The van der Waals surface area contributed by atoms with E-state index in [1.54, 1.807) is 0 Å². The highest BCUT2D eigenvalue weighted by Gasteiger charge is 2.38. The van der Waals surface area contributed by atoms with Crippen LogP contribution in [-0.2, 0) is 4.79 Å². The molecule has 1 aliphatic carbocycles. The lowest BCUT2D eigenvalue weighted by molar-refractivity contribution is -0.138. The molecule has 1 aromatic rings. The van der Waals surface area contributed by atoms with Crippen LogP contribution in [-0.4, -0.2) is 66.3 Å². The summed E-state index contributed by atoms with van der Waals surface area (Å²) >= 11 is 1.91. The Bertz CT molecular complexity index is 593. The quantitative estimate of drug-likeness (QED) is 0.670. The van der Waals surface area contributed by atoms with Crippen LogP contribution in [0, 0.1) is 5.92 Å². The van der Waals surface area contributed by atoms with Gasteiger partial charge in [-0.05, 0) is 31.4 Å². The van der Waals surface area contributed by atoms with Gasteiger partial charge < -0.3 is 4.90 Å². The number of hydrogen-bond acceptors (Lipinski definition) is 6. The molecule has 3 N–H and O–H groups in total. The molecule has 3 unspecified atom stereocenters. The summed E-state index contributed by atoms with van der Waals surface area (Å²) in [6.45, 7) is 4.85. The van der Waals surface area contributed by atoms with Gasteiger partial charge in [-0.3, -0.25) is 9.69 Å². The molecule has 1 aromatic carbocycles. The maximum absolute atomic E-state index is 12.9. The number of hydrazine groups is 2. The Labute approximate surface area is 160 Å². The molecule has 7 heteroatoms. The highest BCUT2D eigenvalue weighted by Crippen LogP contribution is 2.28. The number of piperazine rings is 1. The molecule has 4 rings (SSSR count). The van der Waals surface area contributed by atoms with Crippen LogP contribution in [0.2, 0.25) is 0 Å². The van der Waals surface area contributed by atoms with Gasteiger partial charge in [0.2, 0.25) is 5.91 Å². The summed E-state index contributed by atoms with van der Waals surface area (Å²) < 4.78 is 0. The van der Waals surface area contributed by atoms with Crippen molar-refractivity contribution in [1.29, 1.82) is 0 Å². The normalized spacial score (nSPS) is 29.5. The van der Waals surface area contributed by atoms with Crippen molar-refractivity contribution in [3.8, 4) is 0 Å². The van der Waals surface area contributed by atoms with Gasteiger partial charge in [0.15, 0.2) is 0 Å². The molecular formula is C19H29N5OS. The Hall–Kier alpha value is -1.12. The van der Waals surface area contributed by atoms with Crippen molar-refractivity contribution in [3.63, 3.8) is 0 Å². The number of nitrogens with zero attached hydrogens (tertiary/aromatic N) is 2. The maximum Gasteiger partial charge on any atom is 0.225 e. The minimum Gasteiger partial charge on any atom is -0.340 e. The van der Waals surface area contributed by atoms with Gasteiger partial charge in [-0.1, -0.05) is 18.2 Å². The van der Waals surface area contributed by atoms with Crippen molar-refractivity contribution in [1.82, 2.24) is 26.2 Å². The number of thioether (sulfide) groups is 1. The molecule has 0 bridgehead atoms. The van der Waals surface area contributed by atoms with E-state index in [1.807, 2.05) is 11.8 Å². The first kappa shape index (κ1) is 18.3. The second kappa shape index (κ2) is 8.71. The lowest BCUT2D eigenvalue weighted by Crippen LogP contribution is -2.52. The summed E-state index contributed by atoms with van der Waals surface area (Å²) in [6, 6.07) is 11.4. The molecule has 2 aliphatic heterocycles. The summed E-state index contributed by atoms with van der Waals surface area (Å²) in [5, 5.41) is 0. The summed E-state index contributed by atoms with van der Waals surface area (Å²) in [5.74, 6) is 1.66. The van der Waals surface area contributed by atoms with E-state index < -0.39 is 0 Å². The zero-order chi connectivity index (χ0) is 17.8. The van der Waals surface area contributed by atoms with Gasteiger partial charge in [-0.15, -0.1) is 11.8 Å². The van der Waals surface area contributed by atoms with Crippen LogP contribution in [0.4, 0.5) is 0 Å². The van der Waals surface area contributed by atoms with Crippen LogP contribution < -0.4 is 16.4 Å². The monoisotopic (exact) mass is 375 g/mol. The number of carbonyl (C=O) groups excluding carboxylic acids is 1. The molecule has 1 amide bonds. The summed E-state index contributed by atoms with van der Waals surface area (Å²) in [4.78, 5) is 18.8. The van der Waals surface area contributed by atoms with E-state index in [0.717, 1.165) is 57.7 Å². The second-order valence-corrected chi connectivity index (χ2v) is 8.63. The lowest BCUT2D eigenvalue weighted by atomic mass is 9.82. The predicted molar refractivity (Wildman–Crippen MR) is 105 cm³/mol. The Kier molecular flexibility index (Phi) is 6.12. The number of carbonyl (C=O) groups is 1. The first-order chi connectivity index (χ1) is 12.8. The van der Waals surface area contributed by atoms with Gasteiger partial charge in [-0.2, -0.15) is 5.53 Å². The van der Waals surface area contributed by atoms with Gasteiger partial charge in [0, 0.05) is 61.4 Å². The van der Waals surface area contributed by atoms with Crippen LogP contribution in [0.5, 0.6) is 0 Å². The highest BCUT2D eigenvalue weighted by atomic mass is 32.2. The molecule has 142 valence electrons. The molecule has 3 fully saturated rings. The molecule has 0 spiro atoms. The van der Waals surface area contributed by atoms with Gasteiger partial charge in [0.1, 0.15) is 0 Å². The summed E-state index contributed by atoms with van der Waals surface area (Å²) in [5.41, 5.74) is 9.49. The van der Waals surface area contributed by atoms with E-state index in [4.69, 9.17) is 0 Å². The molecular weight excluding hydrogens is 346 g/mol. The topological polar surface area (TPSA) is 59.6 Å². The lowest BCUT2D eigenvalue weighted by Gasteiger charge is -2.38. The van der Waals surface area contributed by atoms with Crippen molar-refractivity contribution in [2.24, 2.45) is 5.92 Å². The van der Waals surface area contributed by atoms with E-state index in [1.165, 1.54) is 4.90 Å². The minimum atomic E-state index is 0.186. The van der Waals surface area contributed by atoms with Crippen molar-refractivity contribution in [2.45, 2.75) is 36.2 Å². The predicted octanol–water partition coefficient (Wildman–Crippen LogP) is 1.07. The number of fused-ring (bicyclic) bond motifs is 1. The molecule has 2 saturated heterocycles. The van der Waals surface area contributed by atoms with Crippen LogP contribution in [0.1, 0.15) is 19.3 Å². The molecule has 2 heterocycles. The first-order valence-electron chi connectivity index (χ1n) is 9.74.